The Kier molecular flexibility index (Phi) is 14.5. The van der Waals surface area contributed by atoms with Crippen LogP contribution in [-0.4, -0.2) is 75.8 Å². The molecule has 0 aliphatic carbocycles. The predicted octanol–water partition coefficient (Wildman–Crippen LogP) is 3.66. The van der Waals surface area contributed by atoms with Gasteiger partial charge in [0.2, 0.25) is 6.43 Å². The third kappa shape index (κ3) is 11.2. The van der Waals surface area contributed by atoms with Gasteiger partial charge in [0.15, 0.2) is 0 Å². The number of ether oxygens (including phenoxy) is 2. The fourth-order valence-corrected chi connectivity index (χ4v) is 3.19. The minimum atomic E-state index is -4.93. The van der Waals surface area contributed by atoms with Crippen molar-refractivity contribution >= 4 is 29.6 Å². The minimum absolute atomic E-state index is 0.0648. The number of alkyl halides is 2. The summed E-state index contributed by atoms with van der Waals surface area (Å²) >= 11 is -4.93. The lowest BCUT2D eigenvalue weighted by Crippen LogP contribution is -2.19. The highest BCUT2D eigenvalue weighted by Gasteiger charge is 2.27. The number of nitrogens with zero attached hydrogens (tertiary/aromatic N) is 5. The average Bonchev–Trinajstić information content (AvgIpc) is 3.34. The number of esters is 2. The quantitative estimate of drug-likeness (QED) is 0.266. The van der Waals surface area contributed by atoms with Crippen molar-refractivity contribution in [3.05, 3.63) is 34.9 Å². The van der Waals surface area contributed by atoms with Gasteiger partial charge in [-0.1, -0.05) is 13.8 Å². The van der Waals surface area contributed by atoms with E-state index in [0.29, 0.717) is 15.7 Å². The Morgan fingerprint density at radius 2 is 1.39 bits per heavy atom. The molecule has 2 rings (SSSR count). The number of carbonyl (C=O) groups excluding carboxylic acids is 3. The van der Waals surface area contributed by atoms with Crippen molar-refractivity contribution < 1.29 is 44.3 Å². The summed E-state index contributed by atoms with van der Waals surface area (Å²) in [5, 5.41) is 7.71. The van der Waals surface area contributed by atoms with Crippen molar-refractivity contribution in [2.24, 2.45) is 14.1 Å². The molecule has 206 valence electrons. The van der Waals surface area contributed by atoms with Crippen LogP contribution in [0.2, 0.25) is 0 Å². The van der Waals surface area contributed by atoms with Crippen molar-refractivity contribution in [2.45, 2.75) is 33.1 Å². The third-order valence-electron chi connectivity index (χ3n) is 4.30. The van der Waals surface area contributed by atoms with E-state index in [1.807, 2.05) is 0 Å². The highest BCUT2D eigenvalue weighted by molar-refractivity contribution is 8.18. The number of rotatable bonds is 9. The van der Waals surface area contributed by atoms with Crippen LogP contribution < -0.4 is 0 Å². The van der Waals surface area contributed by atoms with Crippen LogP contribution in [-0.2, 0) is 41.2 Å². The summed E-state index contributed by atoms with van der Waals surface area (Å²) in [5.74, 6) is -1.03. The van der Waals surface area contributed by atoms with Crippen LogP contribution in [0.1, 0.15) is 46.2 Å². The van der Waals surface area contributed by atoms with E-state index < -0.39 is 36.2 Å². The van der Waals surface area contributed by atoms with E-state index in [1.54, 1.807) is 13.1 Å². The molecule has 2 aromatic rings. The number of halogens is 5. The lowest BCUT2D eigenvalue weighted by Gasteiger charge is -2.23. The molecule has 10 nitrogen and oxygen atoms in total. The minimum Gasteiger partial charge on any atom is -0.464 e. The topological polar surface area (TPSA) is 109 Å². The summed E-state index contributed by atoms with van der Waals surface area (Å²) in [5.41, 5.74) is 1.27. The molecule has 0 aromatic carbocycles. The Morgan fingerprint density at radius 3 is 1.69 bits per heavy atom. The average molecular weight is 548 g/mol. The van der Waals surface area contributed by atoms with Crippen LogP contribution in [0.25, 0.3) is 0 Å². The van der Waals surface area contributed by atoms with E-state index in [0.717, 1.165) is 6.29 Å². The smallest absolute Gasteiger partial charge is 0.356 e. The monoisotopic (exact) mass is 547 g/mol. The van der Waals surface area contributed by atoms with Crippen LogP contribution >= 0.6 is 11.4 Å². The zero-order valence-corrected chi connectivity index (χ0v) is 21.5. The van der Waals surface area contributed by atoms with Gasteiger partial charge in [0.05, 0.1) is 32.0 Å². The predicted molar refractivity (Wildman–Crippen MR) is 122 cm³/mol. The summed E-state index contributed by atoms with van der Waals surface area (Å²) in [6, 6.07) is 2.85. The molecule has 0 aliphatic heterocycles. The molecule has 0 saturated heterocycles. The van der Waals surface area contributed by atoms with Gasteiger partial charge in [-0.2, -0.15) is 14.5 Å². The maximum absolute atomic E-state index is 12.0. The van der Waals surface area contributed by atoms with Crippen molar-refractivity contribution in [3.63, 3.8) is 0 Å². The summed E-state index contributed by atoms with van der Waals surface area (Å²) < 4.78 is 71.3. The Labute approximate surface area is 207 Å². The first kappa shape index (κ1) is 33.0. The summed E-state index contributed by atoms with van der Waals surface area (Å²) in [6.45, 7) is 3.14. The summed E-state index contributed by atoms with van der Waals surface area (Å²) in [4.78, 5) is 32.3. The Morgan fingerprint density at radius 1 is 0.972 bits per heavy atom. The molecule has 0 amide bonds. The molecule has 0 atom stereocenters. The Hall–Kier alpha value is -3.01. The molecule has 0 unspecified atom stereocenters. The molecule has 0 saturated carbocycles. The number of methoxy groups -OCH3 is 2. The van der Waals surface area contributed by atoms with Gasteiger partial charge < -0.3 is 14.3 Å². The van der Waals surface area contributed by atoms with Gasteiger partial charge >= 0.3 is 11.9 Å². The van der Waals surface area contributed by atoms with Crippen molar-refractivity contribution in [1.82, 2.24) is 23.9 Å². The van der Waals surface area contributed by atoms with Gasteiger partial charge in [0.25, 0.3) is 11.4 Å². The maximum Gasteiger partial charge on any atom is 0.356 e. The van der Waals surface area contributed by atoms with Gasteiger partial charge in [-0.25, -0.2) is 18.4 Å². The van der Waals surface area contributed by atoms with E-state index in [1.165, 1.54) is 50.5 Å². The summed E-state index contributed by atoms with van der Waals surface area (Å²) in [6.07, 6.45) is -1.96. The molecule has 0 N–H and O–H groups in total. The number of aryl methyl sites for hydroxylation is 2. The largest absolute Gasteiger partial charge is 0.464 e. The highest BCUT2D eigenvalue weighted by Crippen LogP contribution is 2.56. The Bertz CT molecular complexity index is 977. The zero-order chi connectivity index (χ0) is 28.1. The zero-order valence-electron chi connectivity index (χ0n) is 20.7. The normalized spacial score (nSPS) is 11.2. The molecule has 16 heteroatoms. The van der Waals surface area contributed by atoms with Crippen LogP contribution in [0.4, 0.5) is 20.4 Å². The first-order valence-corrected chi connectivity index (χ1v) is 11.7. The van der Waals surface area contributed by atoms with Crippen LogP contribution in [0.15, 0.2) is 12.1 Å². The highest BCUT2D eigenvalue weighted by atomic mass is 32.3. The number of aromatic nitrogens is 4. The van der Waals surface area contributed by atoms with E-state index in [4.69, 9.17) is 0 Å². The van der Waals surface area contributed by atoms with E-state index >= 15 is 0 Å². The van der Waals surface area contributed by atoms with Gasteiger partial charge in [0, 0.05) is 33.6 Å². The fraction of sp³-hybridized carbons (Fsp3) is 0.550. The van der Waals surface area contributed by atoms with Crippen LogP contribution in [0.5, 0.6) is 0 Å². The second kappa shape index (κ2) is 15.9. The molecular formula is C20H30F5N5O5S. The second-order valence-corrected chi connectivity index (χ2v) is 8.01. The molecule has 0 radical (unpaired) electrons. The van der Waals surface area contributed by atoms with E-state index in [2.05, 4.69) is 19.7 Å². The molecule has 0 fully saturated rings. The van der Waals surface area contributed by atoms with Gasteiger partial charge in [0.1, 0.15) is 17.7 Å². The van der Waals surface area contributed by atoms with Crippen LogP contribution in [0.3, 0.4) is 0 Å². The molecule has 2 heterocycles. The molecule has 0 spiro atoms. The number of hydrogen-bond acceptors (Lipinski definition) is 8. The van der Waals surface area contributed by atoms with Gasteiger partial charge in [-0.05, 0) is 12.1 Å². The van der Waals surface area contributed by atoms with E-state index in [9.17, 15) is 34.8 Å². The van der Waals surface area contributed by atoms with Gasteiger partial charge in [-0.3, -0.25) is 9.36 Å². The number of aldehydes is 1. The first-order valence-electron chi connectivity index (χ1n) is 10.4. The lowest BCUT2D eigenvalue weighted by atomic mass is 10.3. The molecule has 36 heavy (non-hydrogen) atoms. The van der Waals surface area contributed by atoms with Gasteiger partial charge in [-0.15, -0.1) is 11.7 Å². The molecule has 0 bridgehead atoms. The Balaban J connectivity index is 0.000000524. The van der Waals surface area contributed by atoms with Crippen molar-refractivity contribution in [3.8, 4) is 0 Å². The standard InChI is InChI=1S/C8H10F2N2O2.C8H10N2O3.C4H10F3NS/c1-12-6(8(13)14-2)3-5(11-12)4-7(9)10;1-10-7(8(12)13-2)5-6(9-10)3-4-11;1-3-8(4-2)9(5,6)7/h3,7H,4H2,1-2H3;4-5H,3H2,1-2H3;3-4H2,1-2H3. The molecule has 2 aromatic heterocycles. The van der Waals surface area contributed by atoms with Crippen molar-refractivity contribution in [2.75, 3.05) is 27.3 Å². The number of hydrogen-bond donors (Lipinski definition) is 0. The first-order chi connectivity index (χ1) is 16.7. The molecular weight excluding hydrogens is 517 g/mol. The summed E-state index contributed by atoms with van der Waals surface area (Å²) in [7, 11) is 5.65. The third-order valence-corrected chi connectivity index (χ3v) is 5.41. The maximum atomic E-state index is 12.0. The van der Waals surface area contributed by atoms with E-state index in [-0.39, 0.29) is 30.9 Å². The lowest BCUT2D eigenvalue weighted by molar-refractivity contribution is -0.107. The van der Waals surface area contributed by atoms with Crippen molar-refractivity contribution in [1.29, 1.82) is 0 Å². The fourth-order valence-electron chi connectivity index (χ4n) is 2.60. The second-order valence-electron chi connectivity index (χ2n) is 6.73. The number of carbonyl (C=O) groups is 3. The SMILES string of the molecule is CCN(CC)S(F)(F)F.COC(=O)c1cc(CC(F)F)nn1C.COC(=O)c1cc(CC=O)nn1C. The molecule has 0 aliphatic rings. The van der Waals surface area contributed by atoms with Crippen LogP contribution in [0, 0.1) is 0 Å².